The van der Waals surface area contributed by atoms with Crippen molar-refractivity contribution >= 4 is 41.4 Å². The second kappa shape index (κ2) is 11.2. The van der Waals surface area contributed by atoms with Crippen LogP contribution in [0.5, 0.6) is 5.75 Å². The Hall–Kier alpha value is -4.67. The van der Waals surface area contributed by atoms with Crippen molar-refractivity contribution in [3.63, 3.8) is 0 Å². The monoisotopic (exact) mass is 624 g/mol. The Labute approximate surface area is 256 Å². The molecule has 0 saturated carbocycles. The van der Waals surface area contributed by atoms with Crippen molar-refractivity contribution in [2.24, 2.45) is 5.41 Å². The molecule has 2 unspecified atom stereocenters. The van der Waals surface area contributed by atoms with Gasteiger partial charge in [-0.15, -0.1) is 11.8 Å². The maximum Gasteiger partial charge on any atom is 0.357 e. The van der Waals surface area contributed by atoms with Gasteiger partial charge in [-0.2, -0.15) is 5.10 Å². The summed E-state index contributed by atoms with van der Waals surface area (Å²) in [4.78, 5) is 93.3. The van der Waals surface area contributed by atoms with Gasteiger partial charge >= 0.3 is 17.6 Å². The van der Waals surface area contributed by atoms with Crippen LogP contribution in [0, 0.1) is 5.41 Å². The molecule has 1 aromatic carbocycles. The van der Waals surface area contributed by atoms with Crippen molar-refractivity contribution < 1.29 is 46.8 Å². The number of H-pyrrole nitrogens is 2. The number of phenols is 1. The van der Waals surface area contributed by atoms with Gasteiger partial charge in [-0.25, -0.2) is 14.7 Å². The van der Waals surface area contributed by atoms with Crippen molar-refractivity contribution in [3.05, 3.63) is 56.4 Å². The second-order valence-electron chi connectivity index (χ2n) is 10.3. The SMILES string of the molecule is [2H]CC(C)(C(=O)OC([2H])([2H])OC(=O)[C@]1(NC(=O)C(NC(=O)c2n[nH]c(=O)[nH]c2=O)c2ccc(O)cc2)N2C(=O)C[C@H]2SC1(C)C)C([2H])([2H])[2H]. The van der Waals surface area contributed by atoms with Gasteiger partial charge in [0.05, 0.1) is 22.0 Å². The largest absolute Gasteiger partial charge is 0.508 e. The molecule has 16 nitrogen and oxygen atoms in total. The number of rotatable bonds is 8. The quantitative estimate of drug-likeness (QED) is 0.144. The van der Waals surface area contributed by atoms with E-state index in [1.807, 2.05) is 5.10 Å². The molecule has 0 bridgehead atoms. The zero-order valence-corrected chi connectivity index (χ0v) is 23.6. The lowest BCUT2D eigenvalue weighted by Crippen LogP contribution is -2.76. The highest BCUT2D eigenvalue weighted by atomic mass is 32.2. The number of benzene rings is 1. The summed E-state index contributed by atoms with van der Waals surface area (Å²) < 4.78 is 54.6. The molecule has 230 valence electrons. The molecule has 4 atom stereocenters. The highest BCUT2D eigenvalue weighted by Gasteiger charge is 2.71. The van der Waals surface area contributed by atoms with Gasteiger partial charge in [0.25, 0.3) is 11.5 Å². The van der Waals surface area contributed by atoms with Crippen LogP contribution in [-0.2, 0) is 28.7 Å². The Balaban J connectivity index is 1.74. The van der Waals surface area contributed by atoms with Crippen LogP contribution in [0.15, 0.2) is 33.9 Å². The van der Waals surface area contributed by atoms with Crippen molar-refractivity contribution in [2.45, 2.75) is 62.8 Å². The Morgan fingerprint density at radius 3 is 2.56 bits per heavy atom. The number of β-lactam (4-membered cyclic amide) rings is 1. The van der Waals surface area contributed by atoms with Crippen molar-refractivity contribution in [2.75, 3.05) is 6.75 Å². The number of ether oxygens (including phenoxy) is 2. The number of nitrogens with zero attached hydrogens (tertiary/aromatic N) is 2. The van der Waals surface area contributed by atoms with E-state index in [1.165, 1.54) is 26.0 Å². The van der Waals surface area contributed by atoms with E-state index < -0.39 is 94.3 Å². The molecular weight excluding hydrogens is 588 g/mol. The molecule has 3 heterocycles. The number of hydrogen-bond acceptors (Lipinski definition) is 12. The summed E-state index contributed by atoms with van der Waals surface area (Å²) in [6.45, 7) is -4.20. The smallest absolute Gasteiger partial charge is 0.357 e. The molecule has 0 aliphatic carbocycles. The predicted octanol–water partition coefficient (Wildman–Crippen LogP) is -0.379. The Morgan fingerprint density at radius 1 is 1.26 bits per heavy atom. The van der Waals surface area contributed by atoms with Gasteiger partial charge in [0.15, 0.2) is 0 Å². The van der Waals surface area contributed by atoms with Crippen LogP contribution in [0.1, 0.15) is 71.3 Å². The summed E-state index contributed by atoms with van der Waals surface area (Å²) in [5, 5.41) is 18.9. The number of hydrogen-bond donors (Lipinski definition) is 5. The maximum atomic E-state index is 14.1. The fraction of sp³-hybridized carbons (Fsp3) is 0.462. The van der Waals surface area contributed by atoms with Crippen LogP contribution in [0.4, 0.5) is 0 Å². The third-order valence-electron chi connectivity index (χ3n) is 6.58. The number of aromatic nitrogens is 3. The van der Waals surface area contributed by atoms with Crippen LogP contribution >= 0.6 is 11.8 Å². The number of amides is 3. The number of carbonyl (C=O) groups is 5. The number of phenolic OH excluding ortho intramolecular Hbond substituents is 1. The molecule has 3 amide bonds. The fourth-order valence-electron chi connectivity index (χ4n) is 4.41. The minimum absolute atomic E-state index is 0.0356. The van der Waals surface area contributed by atoms with Crippen molar-refractivity contribution in [1.82, 2.24) is 30.7 Å². The van der Waals surface area contributed by atoms with Crippen LogP contribution in [-0.4, -0.2) is 77.4 Å². The highest BCUT2D eigenvalue weighted by molar-refractivity contribution is 8.01. The lowest BCUT2D eigenvalue weighted by molar-refractivity contribution is -0.190. The van der Waals surface area contributed by atoms with E-state index in [4.69, 9.17) is 13.0 Å². The third-order valence-corrected chi connectivity index (χ3v) is 8.11. The van der Waals surface area contributed by atoms with Gasteiger partial charge in [0.1, 0.15) is 14.5 Å². The molecule has 2 fully saturated rings. The van der Waals surface area contributed by atoms with Crippen LogP contribution < -0.4 is 21.9 Å². The van der Waals surface area contributed by atoms with Gasteiger partial charge in [0.2, 0.25) is 29.9 Å². The van der Waals surface area contributed by atoms with Gasteiger partial charge < -0.3 is 25.2 Å². The molecule has 4 rings (SSSR count). The van der Waals surface area contributed by atoms with Gasteiger partial charge in [-0.05, 0) is 52.2 Å². The first kappa shape index (κ1) is 23.8. The number of thioether (sulfide) groups is 1. The number of aromatic amines is 2. The Bertz CT molecular complexity index is 1820. The molecule has 0 spiro atoms. The van der Waals surface area contributed by atoms with E-state index in [1.54, 1.807) is 4.98 Å². The lowest BCUT2D eigenvalue weighted by atomic mass is 9.89. The molecule has 2 aliphatic heterocycles. The number of fused-ring (bicyclic) bond motifs is 1. The topological polar surface area (TPSA) is 230 Å². The van der Waals surface area contributed by atoms with E-state index in [9.17, 15) is 38.7 Å². The minimum Gasteiger partial charge on any atom is -0.508 e. The summed E-state index contributed by atoms with van der Waals surface area (Å²) in [5.41, 5.74) is -8.25. The molecule has 2 aromatic rings. The molecule has 0 radical (unpaired) electrons. The zero-order valence-electron chi connectivity index (χ0n) is 28.8. The number of aromatic hydroxyl groups is 1. The molecule has 1 aromatic heterocycles. The van der Waals surface area contributed by atoms with Gasteiger partial charge in [-0.1, -0.05) is 12.1 Å². The first-order chi connectivity index (χ1) is 22.5. The standard InChI is InChI=1S/C26H30N6O10S/c1-24(2,3)21(38)41-11-42-22(39)26(25(4,5)43-15-10-14(34)32(15)26)29-20(37)16(12-6-8-13(33)9-7-12)27-18(35)17-19(36)28-23(40)31-30-17/h6-9,15-16,33H,10-11H2,1-5H3,(H,27,35)(H,29,37)(H2,28,31,36,40)/t15-,16?,26+/m1/s1/i1D,2D3,11D2/t15-,16?,24?,26+. The summed E-state index contributed by atoms with van der Waals surface area (Å²) >= 11 is 1.02. The Kier molecular flexibility index (Phi) is 6.21. The van der Waals surface area contributed by atoms with E-state index in [-0.39, 0.29) is 17.7 Å². The highest BCUT2D eigenvalue weighted by Crippen LogP contribution is 2.56. The van der Waals surface area contributed by atoms with Crippen LogP contribution in [0.25, 0.3) is 0 Å². The average Bonchev–Trinajstić information content (AvgIpc) is 3.16. The molecule has 43 heavy (non-hydrogen) atoms. The third kappa shape index (κ3) is 5.84. The predicted molar refractivity (Wildman–Crippen MR) is 148 cm³/mol. The summed E-state index contributed by atoms with van der Waals surface area (Å²) in [7, 11) is 0. The van der Waals surface area contributed by atoms with Crippen LogP contribution in [0.3, 0.4) is 0 Å². The maximum absolute atomic E-state index is 14.1. The molecule has 17 heteroatoms. The molecule has 5 N–H and O–H groups in total. The van der Waals surface area contributed by atoms with Crippen molar-refractivity contribution in [3.8, 4) is 5.75 Å². The van der Waals surface area contributed by atoms with Crippen molar-refractivity contribution in [1.29, 1.82) is 0 Å². The fourth-order valence-corrected chi connectivity index (χ4v) is 6.10. The minimum atomic E-state index is -3.69. The van der Waals surface area contributed by atoms with E-state index >= 15 is 0 Å². The zero-order chi connectivity index (χ0) is 36.9. The van der Waals surface area contributed by atoms with Gasteiger partial charge in [0, 0.05) is 5.48 Å². The van der Waals surface area contributed by atoms with E-state index in [0.29, 0.717) is 0 Å². The van der Waals surface area contributed by atoms with E-state index in [2.05, 4.69) is 20.5 Å². The molecule has 2 saturated heterocycles. The second-order valence-corrected chi connectivity index (χ2v) is 12.1. The number of nitrogens with one attached hydrogen (secondary N) is 4. The summed E-state index contributed by atoms with van der Waals surface area (Å²) in [6, 6.07) is 2.89. The number of carbonyl (C=O) groups excluding carboxylic acids is 5. The molecular formula is C26H30N6O10S. The Morgan fingerprint density at radius 2 is 1.95 bits per heavy atom. The molecule has 2 aliphatic rings. The lowest BCUT2D eigenvalue weighted by Gasteiger charge is -2.47. The van der Waals surface area contributed by atoms with Gasteiger partial charge in [-0.3, -0.25) is 33.9 Å². The first-order valence-electron chi connectivity index (χ1n) is 15.6. The first-order valence-corrected chi connectivity index (χ1v) is 13.2. The normalized spacial score (nSPS) is 25.0. The van der Waals surface area contributed by atoms with E-state index in [0.717, 1.165) is 35.7 Å². The summed E-state index contributed by atoms with van der Waals surface area (Å²) in [5.74, 6) is -6.84. The number of esters is 2. The summed E-state index contributed by atoms with van der Waals surface area (Å²) in [6.07, 6.45) is -0.0971. The average molecular weight is 625 g/mol. The van der Waals surface area contributed by atoms with Crippen LogP contribution in [0.2, 0.25) is 0 Å².